The summed E-state index contributed by atoms with van der Waals surface area (Å²) in [6.45, 7) is 2.09. The molecule has 0 amide bonds. The van der Waals surface area contributed by atoms with E-state index in [1.165, 1.54) is 5.56 Å². The van der Waals surface area contributed by atoms with Crippen LogP contribution in [0.1, 0.15) is 5.56 Å². The number of halogens is 1. The molecule has 2 heterocycles. The highest BCUT2D eigenvalue weighted by molar-refractivity contribution is 6.30. The van der Waals surface area contributed by atoms with Gasteiger partial charge >= 0.3 is 0 Å². The smallest absolute Gasteiger partial charge is 0.174 e. The number of para-hydroxylation sites is 1. The zero-order chi connectivity index (χ0) is 19.1. The predicted octanol–water partition coefficient (Wildman–Crippen LogP) is 6.31. The molecule has 4 nitrogen and oxygen atoms in total. The van der Waals surface area contributed by atoms with Crippen molar-refractivity contribution in [2.75, 3.05) is 0 Å². The minimum Gasteiger partial charge on any atom is -0.355 e. The molecule has 0 spiro atoms. The van der Waals surface area contributed by atoms with Crippen LogP contribution in [-0.4, -0.2) is 14.9 Å². The summed E-state index contributed by atoms with van der Waals surface area (Å²) < 4.78 is 7.60. The third-order valence-electron chi connectivity index (χ3n) is 4.87. The fourth-order valence-electron chi connectivity index (χ4n) is 3.43. The van der Waals surface area contributed by atoms with Gasteiger partial charge in [0.05, 0.1) is 23.0 Å². The van der Waals surface area contributed by atoms with Crippen LogP contribution in [-0.2, 0) is 0 Å². The largest absolute Gasteiger partial charge is 0.355 e. The van der Waals surface area contributed by atoms with E-state index < -0.39 is 0 Å². The first-order chi connectivity index (χ1) is 13.7. The standard InChI is InChI=1S/C23H16ClN3O/c1-15-4-2-3-5-21(15)27-22(12-13-25-27)17-8-11-20-19(14-17)23(28-26-20)16-6-9-18(24)10-7-16/h2-14H,1H3. The molecule has 0 atom stereocenters. The van der Waals surface area contributed by atoms with Crippen LogP contribution in [0.2, 0.25) is 5.02 Å². The van der Waals surface area contributed by atoms with Crippen LogP contribution in [0.3, 0.4) is 0 Å². The Labute approximate surface area is 167 Å². The number of hydrogen-bond donors (Lipinski definition) is 0. The lowest BCUT2D eigenvalue weighted by molar-refractivity contribution is 0.441. The molecular formula is C23H16ClN3O. The van der Waals surface area contributed by atoms with Crippen LogP contribution in [0.5, 0.6) is 0 Å². The molecule has 136 valence electrons. The van der Waals surface area contributed by atoms with Gasteiger partial charge < -0.3 is 4.52 Å². The quantitative estimate of drug-likeness (QED) is 0.365. The normalized spacial score (nSPS) is 11.2. The Kier molecular flexibility index (Phi) is 3.99. The molecule has 0 unspecified atom stereocenters. The van der Waals surface area contributed by atoms with Gasteiger partial charge in [-0.1, -0.05) is 41.0 Å². The summed E-state index contributed by atoms with van der Waals surface area (Å²) in [4.78, 5) is 0. The summed E-state index contributed by atoms with van der Waals surface area (Å²) >= 11 is 6.02. The van der Waals surface area contributed by atoms with E-state index in [4.69, 9.17) is 16.1 Å². The van der Waals surface area contributed by atoms with E-state index >= 15 is 0 Å². The number of fused-ring (bicyclic) bond motifs is 1. The fraction of sp³-hybridized carbons (Fsp3) is 0.0435. The zero-order valence-electron chi connectivity index (χ0n) is 15.1. The number of benzene rings is 3. The Morgan fingerprint density at radius 2 is 1.68 bits per heavy atom. The maximum Gasteiger partial charge on any atom is 0.174 e. The highest BCUT2D eigenvalue weighted by atomic mass is 35.5. The van der Waals surface area contributed by atoms with E-state index in [-0.39, 0.29) is 0 Å². The van der Waals surface area contributed by atoms with Crippen LogP contribution < -0.4 is 0 Å². The fourth-order valence-corrected chi connectivity index (χ4v) is 3.55. The predicted molar refractivity (Wildman–Crippen MR) is 112 cm³/mol. The van der Waals surface area contributed by atoms with E-state index in [1.54, 1.807) is 0 Å². The Morgan fingerprint density at radius 1 is 0.893 bits per heavy atom. The second-order valence-corrected chi connectivity index (χ2v) is 7.10. The average Bonchev–Trinajstić information content (AvgIpc) is 3.35. The number of nitrogens with zero attached hydrogens (tertiary/aromatic N) is 3. The van der Waals surface area contributed by atoms with Gasteiger partial charge in [0.1, 0.15) is 5.52 Å². The third kappa shape index (κ3) is 2.79. The molecule has 0 aliphatic carbocycles. The van der Waals surface area contributed by atoms with E-state index in [2.05, 4.69) is 35.4 Å². The first kappa shape index (κ1) is 16.8. The van der Waals surface area contributed by atoms with Gasteiger partial charge in [0, 0.05) is 16.1 Å². The van der Waals surface area contributed by atoms with Crippen LogP contribution in [0.4, 0.5) is 0 Å². The van der Waals surface area contributed by atoms with Crippen molar-refractivity contribution in [3.05, 3.63) is 89.6 Å². The molecule has 0 aliphatic rings. The zero-order valence-corrected chi connectivity index (χ0v) is 15.9. The molecule has 0 saturated carbocycles. The number of hydrogen-bond acceptors (Lipinski definition) is 3. The van der Waals surface area contributed by atoms with Gasteiger partial charge in [-0.15, -0.1) is 0 Å². The van der Waals surface area contributed by atoms with Crippen molar-refractivity contribution < 1.29 is 4.52 Å². The monoisotopic (exact) mass is 385 g/mol. The Balaban J connectivity index is 1.66. The van der Waals surface area contributed by atoms with E-state index in [9.17, 15) is 0 Å². The maximum atomic E-state index is 6.02. The van der Waals surface area contributed by atoms with Crippen molar-refractivity contribution in [3.8, 4) is 28.3 Å². The first-order valence-electron chi connectivity index (χ1n) is 8.96. The van der Waals surface area contributed by atoms with Gasteiger partial charge in [-0.05, 0) is 61.0 Å². The molecule has 28 heavy (non-hydrogen) atoms. The summed E-state index contributed by atoms with van der Waals surface area (Å²) in [5.74, 6) is 0.732. The maximum absolute atomic E-state index is 6.02. The summed E-state index contributed by atoms with van der Waals surface area (Å²) in [6, 6.07) is 23.9. The summed E-state index contributed by atoms with van der Waals surface area (Å²) in [6.07, 6.45) is 1.82. The van der Waals surface area contributed by atoms with Crippen LogP contribution in [0, 0.1) is 6.92 Å². The molecule has 0 radical (unpaired) electrons. The van der Waals surface area contributed by atoms with Gasteiger partial charge in [-0.3, -0.25) is 0 Å². The van der Waals surface area contributed by atoms with E-state index in [0.29, 0.717) is 5.02 Å². The lowest BCUT2D eigenvalue weighted by atomic mass is 10.0. The van der Waals surface area contributed by atoms with Crippen molar-refractivity contribution in [3.63, 3.8) is 0 Å². The van der Waals surface area contributed by atoms with Gasteiger partial charge in [0.2, 0.25) is 0 Å². The molecule has 0 aliphatic heterocycles. The summed E-state index contributed by atoms with van der Waals surface area (Å²) in [5, 5.41) is 10.4. The average molecular weight is 386 g/mol. The van der Waals surface area contributed by atoms with Crippen molar-refractivity contribution in [2.45, 2.75) is 6.92 Å². The molecule has 0 fully saturated rings. The highest BCUT2D eigenvalue weighted by Crippen LogP contribution is 2.33. The molecular weight excluding hydrogens is 370 g/mol. The van der Waals surface area contributed by atoms with Crippen LogP contribution in [0.15, 0.2) is 83.5 Å². The molecule has 5 aromatic rings. The Hall–Kier alpha value is -3.37. The van der Waals surface area contributed by atoms with Gasteiger partial charge in [-0.25, -0.2) is 4.68 Å². The van der Waals surface area contributed by atoms with Crippen molar-refractivity contribution in [2.24, 2.45) is 0 Å². The minimum absolute atomic E-state index is 0.690. The SMILES string of the molecule is Cc1ccccc1-n1nccc1-c1ccc2noc(-c3ccc(Cl)cc3)c2c1. The molecule has 0 bridgehead atoms. The topological polar surface area (TPSA) is 43.9 Å². The van der Waals surface area contributed by atoms with Crippen molar-refractivity contribution >= 4 is 22.5 Å². The van der Waals surface area contributed by atoms with Crippen LogP contribution in [0.25, 0.3) is 39.2 Å². The number of aryl methyl sites for hydroxylation is 1. The minimum atomic E-state index is 0.690. The number of rotatable bonds is 3. The van der Waals surface area contributed by atoms with Gasteiger partial charge in [0.25, 0.3) is 0 Å². The molecule has 3 aromatic carbocycles. The van der Waals surface area contributed by atoms with E-state index in [1.807, 2.05) is 65.5 Å². The van der Waals surface area contributed by atoms with Gasteiger partial charge in [-0.2, -0.15) is 5.10 Å². The number of aromatic nitrogens is 3. The lowest BCUT2D eigenvalue weighted by Gasteiger charge is -2.10. The van der Waals surface area contributed by atoms with Crippen molar-refractivity contribution in [1.82, 2.24) is 14.9 Å². The Bertz CT molecular complexity index is 1280. The molecule has 2 aromatic heterocycles. The van der Waals surface area contributed by atoms with Crippen LogP contribution >= 0.6 is 11.6 Å². The second-order valence-electron chi connectivity index (χ2n) is 6.67. The third-order valence-corrected chi connectivity index (χ3v) is 5.12. The molecule has 5 heteroatoms. The first-order valence-corrected chi connectivity index (χ1v) is 9.34. The van der Waals surface area contributed by atoms with E-state index in [0.717, 1.165) is 39.2 Å². The highest BCUT2D eigenvalue weighted by Gasteiger charge is 2.14. The van der Waals surface area contributed by atoms with Crippen molar-refractivity contribution in [1.29, 1.82) is 0 Å². The molecule has 5 rings (SSSR count). The summed E-state index contributed by atoms with van der Waals surface area (Å²) in [7, 11) is 0. The summed E-state index contributed by atoms with van der Waals surface area (Å²) in [5.41, 5.74) is 6.05. The van der Waals surface area contributed by atoms with Gasteiger partial charge in [0.15, 0.2) is 5.76 Å². The molecule has 0 N–H and O–H groups in total. The second kappa shape index (κ2) is 6.66. The Morgan fingerprint density at radius 3 is 2.50 bits per heavy atom. The molecule has 0 saturated heterocycles. The lowest BCUT2D eigenvalue weighted by Crippen LogP contribution is -2.00.